The van der Waals surface area contributed by atoms with Crippen LogP contribution in [-0.4, -0.2) is 75.9 Å². The first-order chi connectivity index (χ1) is 18.9. The van der Waals surface area contributed by atoms with Crippen molar-refractivity contribution in [2.24, 2.45) is 0 Å². The van der Waals surface area contributed by atoms with Crippen molar-refractivity contribution in [2.75, 3.05) is 50.0 Å². The number of morpholine rings is 1. The van der Waals surface area contributed by atoms with Gasteiger partial charge in [-0.1, -0.05) is 11.6 Å². The van der Waals surface area contributed by atoms with Gasteiger partial charge in [0.25, 0.3) is 0 Å². The van der Waals surface area contributed by atoms with Crippen molar-refractivity contribution in [2.45, 2.75) is 39.5 Å². The summed E-state index contributed by atoms with van der Waals surface area (Å²) < 4.78 is 6.60. The molecule has 3 aromatic rings. The quantitative estimate of drug-likeness (QED) is 0.418. The second-order valence-electron chi connectivity index (χ2n) is 9.99. The lowest BCUT2D eigenvalue weighted by Crippen LogP contribution is -2.36. The van der Waals surface area contributed by atoms with Crippen molar-refractivity contribution in [3.05, 3.63) is 41.1 Å². The number of nitrogens with zero attached hydrogens (tertiary/aromatic N) is 6. The summed E-state index contributed by atoms with van der Waals surface area (Å²) >= 11 is 1.69. The van der Waals surface area contributed by atoms with Crippen molar-refractivity contribution >= 4 is 50.6 Å². The van der Waals surface area contributed by atoms with Gasteiger partial charge in [-0.25, -0.2) is 19.9 Å². The molecule has 204 valence electrons. The molecule has 5 heterocycles. The number of thiophene rings is 1. The van der Waals surface area contributed by atoms with Crippen molar-refractivity contribution in [3.8, 4) is 11.4 Å². The van der Waals surface area contributed by atoms with E-state index in [-0.39, 0.29) is 17.6 Å². The van der Waals surface area contributed by atoms with Gasteiger partial charge in [0.05, 0.1) is 29.0 Å². The highest BCUT2D eigenvalue weighted by molar-refractivity contribution is 7.20. The maximum Gasteiger partial charge on any atom is 0.222 e. The van der Waals surface area contributed by atoms with Gasteiger partial charge in [0, 0.05) is 56.3 Å². The fourth-order valence-electron chi connectivity index (χ4n) is 4.73. The Balaban J connectivity index is 1.34. The van der Waals surface area contributed by atoms with Crippen molar-refractivity contribution in [3.63, 3.8) is 0 Å². The molecule has 0 atom stereocenters. The zero-order valence-corrected chi connectivity index (χ0v) is 23.2. The van der Waals surface area contributed by atoms with Gasteiger partial charge >= 0.3 is 0 Å². The standard InChI is InChI=1S/C28H33N7O3S/c1-18(2)14-21(36)4-3-5-24(37)34-8-6-19(7-9-34)23-15-22-25(39-23)27(35-10-12-38-13-11-35)33-26(32-22)20-16-30-28(29)31-17-20/h6,14-17H,3-5,7-13H2,1-2H3,(H2,29,30,31). The number of anilines is 2. The Labute approximate surface area is 231 Å². The average Bonchev–Trinajstić information content (AvgIpc) is 3.37. The minimum absolute atomic E-state index is 0.0833. The lowest BCUT2D eigenvalue weighted by molar-refractivity contribution is -0.130. The van der Waals surface area contributed by atoms with Crippen LogP contribution in [0.1, 0.15) is 44.4 Å². The number of carbonyl (C=O) groups is 2. The van der Waals surface area contributed by atoms with Crippen LogP contribution < -0.4 is 10.6 Å². The number of nitrogen functional groups attached to an aromatic ring is 1. The Kier molecular flexibility index (Phi) is 8.27. The third kappa shape index (κ3) is 6.48. The molecule has 0 aromatic carbocycles. The second-order valence-corrected chi connectivity index (χ2v) is 11.0. The highest BCUT2D eigenvalue weighted by Crippen LogP contribution is 2.38. The van der Waals surface area contributed by atoms with Gasteiger partial charge in [-0.05, 0) is 44.4 Å². The first-order valence-electron chi connectivity index (χ1n) is 13.2. The molecule has 2 aliphatic rings. The van der Waals surface area contributed by atoms with E-state index in [0.717, 1.165) is 46.0 Å². The fourth-order valence-corrected chi connectivity index (χ4v) is 5.91. The predicted octanol–water partition coefficient (Wildman–Crippen LogP) is 3.89. The van der Waals surface area contributed by atoms with E-state index in [1.165, 1.54) is 5.57 Å². The molecule has 1 fully saturated rings. The Morgan fingerprint density at radius 1 is 1.10 bits per heavy atom. The average molecular weight is 548 g/mol. The van der Waals surface area contributed by atoms with Crippen LogP contribution in [0.4, 0.5) is 11.8 Å². The van der Waals surface area contributed by atoms with Gasteiger partial charge in [-0.2, -0.15) is 0 Å². The topological polar surface area (TPSA) is 127 Å². The third-order valence-corrected chi connectivity index (χ3v) is 7.93. The van der Waals surface area contributed by atoms with Crippen LogP contribution >= 0.6 is 11.3 Å². The normalized spacial score (nSPS) is 15.8. The zero-order valence-electron chi connectivity index (χ0n) is 22.4. The van der Waals surface area contributed by atoms with Crippen LogP contribution in [0.15, 0.2) is 36.2 Å². The minimum atomic E-state index is 0.0833. The number of ketones is 1. The molecule has 0 radical (unpaired) electrons. The number of hydrogen-bond acceptors (Lipinski definition) is 10. The van der Waals surface area contributed by atoms with E-state index in [1.807, 2.05) is 18.7 Å². The highest BCUT2D eigenvalue weighted by atomic mass is 32.1. The molecule has 0 unspecified atom stereocenters. The molecule has 5 rings (SSSR count). The lowest BCUT2D eigenvalue weighted by Gasteiger charge is -2.28. The lowest BCUT2D eigenvalue weighted by atomic mass is 10.1. The van der Waals surface area contributed by atoms with E-state index < -0.39 is 0 Å². The summed E-state index contributed by atoms with van der Waals surface area (Å²) in [5.41, 5.74) is 9.46. The number of carbonyl (C=O) groups excluding carboxylic acids is 2. The number of aromatic nitrogens is 4. The molecule has 0 aliphatic carbocycles. The van der Waals surface area contributed by atoms with Crippen LogP contribution in [-0.2, 0) is 14.3 Å². The fraction of sp³-hybridized carbons (Fsp3) is 0.429. The highest BCUT2D eigenvalue weighted by Gasteiger charge is 2.23. The number of hydrogen-bond donors (Lipinski definition) is 1. The molecule has 1 saturated heterocycles. The number of allylic oxidation sites excluding steroid dienone is 2. The predicted molar refractivity (Wildman–Crippen MR) is 153 cm³/mol. The Morgan fingerprint density at radius 2 is 1.87 bits per heavy atom. The molecule has 39 heavy (non-hydrogen) atoms. The first-order valence-corrected chi connectivity index (χ1v) is 14.1. The van der Waals surface area contributed by atoms with Gasteiger partial charge in [-0.15, -0.1) is 11.3 Å². The minimum Gasteiger partial charge on any atom is -0.378 e. The molecule has 0 spiro atoms. The summed E-state index contributed by atoms with van der Waals surface area (Å²) in [6.07, 6.45) is 9.22. The SMILES string of the molecule is CC(C)=CC(=O)CCCC(=O)N1CC=C(c2cc3nc(-c4cnc(N)nc4)nc(N4CCOCC4)c3s2)CC1. The van der Waals surface area contributed by atoms with E-state index in [2.05, 4.69) is 27.0 Å². The van der Waals surface area contributed by atoms with Gasteiger partial charge in [0.2, 0.25) is 11.9 Å². The molecule has 11 heteroatoms. The second kappa shape index (κ2) is 12.0. The van der Waals surface area contributed by atoms with Crippen molar-refractivity contribution < 1.29 is 14.3 Å². The Bertz CT molecular complexity index is 1420. The van der Waals surface area contributed by atoms with Gasteiger partial charge in [-0.3, -0.25) is 9.59 Å². The zero-order chi connectivity index (χ0) is 27.4. The van der Waals surface area contributed by atoms with Gasteiger partial charge < -0.3 is 20.3 Å². The maximum absolute atomic E-state index is 12.7. The maximum atomic E-state index is 12.7. The molecular weight excluding hydrogens is 514 g/mol. The molecule has 10 nitrogen and oxygen atoms in total. The Hall–Kier alpha value is -3.70. The summed E-state index contributed by atoms with van der Waals surface area (Å²) in [5.74, 6) is 1.84. The van der Waals surface area contributed by atoms with Crippen LogP contribution in [0.3, 0.4) is 0 Å². The van der Waals surface area contributed by atoms with E-state index in [1.54, 1.807) is 29.8 Å². The van der Waals surface area contributed by atoms with E-state index >= 15 is 0 Å². The van der Waals surface area contributed by atoms with Crippen molar-refractivity contribution in [1.82, 2.24) is 24.8 Å². The van der Waals surface area contributed by atoms with E-state index in [0.29, 0.717) is 57.0 Å². The molecule has 2 N–H and O–H groups in total. The van der Waals surface area contributed by atoms with Crippen LogP contribution in [0.25, 0.3) is 27.2 Å². The van der Waals surface area contributed by atoms with E-state index in [4.69, 9.17) is 20.4 Å². The van der Waals surface area contributed by atoms with Gasteiger partial charge in [0.15, 0.2) is 17.4 Å². The number of rotatable bonds is 8. The molecule has 0 saturated carbocycles. The molecule has 1 amide bonds. The third-order valence-electron chi connectivity index (χ3n) is 6.74. The summed E-state index contributed by atoms with van der Waals surface area (Å²) in [6, 6.07) is 2.12. The van der Waals surface area contributed by atoms with Crippen molar-refractivity contribution in [1.29, 1.82) is 0 Å². The number of amides is 1. The van der Waals surface area contributed by atoms with Crippen LogP contribution in [0.2, 0.25) is 0 Å². The largest absolute Gasteiger partial charge is 0.378 e. The summed E-state index contributed by atoms with van der Waals surface area (Å²) in [4.78, 5) is 47.9. The molecule has 3 aromatic heterocycles. The molecule has 0 bridgehead atoms. The van der Waals surface area contributed by atoms with Gasteiger partial charge in [0.1, 0.15) is 0 Å². The summed E-state index contributed by atoms with van der Waals surface area (Å²) in [7, 11) is 0. The smallest absolute Gasteiger partial charge is 0.222 e. The first kappa shape index (κ1) is 26.9. The molecular formula is C28H33N7O3S. The number of nitrogens with two attached hydrogens (primary N) is 1. The Morgan fingerprint density at radius 3 is 2.56 bits per heavy atom. The summed E-state index contributed by atoms with van der Waals surface area (Å²) in [6.45, 7) is 7.87. The number of fused-ring (bicyclic) bond motifs is 1. The summed E-state index contributed by atoms with van der Waals surface area (Å²) in [5, 5.41) is 0. The van der Waals surface area contributed by atoms with E-state index in [9.17, 15) is 9.59 Å². The van der Waals surface area contributed by atoms with Crippen LogP contribution in [0.5, 0.6) is 0 Å². The monoisotopic (exact) mass is 547 g/mol. The van der Waals surface area contributed by atoms with Crippen LogP contribution in [0, 0.1) is 0 Å². The number of ether oxygens (including phenoxy) is 1. The molecule has 2 aliphatic heterocycles.